The van der Waals surface area contributed by atoms with Gasteiger partial charge in [0.15, 0.2) is 0 Å². The van der Waals surface area contributed by atoms with Crippen LogP contribution in [0.4, 0.5) is 5.82 Å². The molecule has 3 aromatic rings. The van der Waals surface area contributed by atoms with E-state index in [1.165, 1.54) is 10.9 Å². The second-order valence-corrected chi connectivity index (χ2v) is 7.84. The van der Waals surface area contributed by atoms with Crippen LogP contribution in [0.2, 0.25) is 0 Å². The first-order chi connectivity index (χ1) is 13.5. The Morgan fingerprint density at radius 2 is 2.04 bits per heavy atom. The summed E-state index contributed by atoms with van der Waals surface area (Å²) in [4.78, 5) is 25.3. The standard InChI is InChI=1S/C22H27N5O/c1-13(2)22(28)26-18(10-15-12-24-17-7-5-4-6-16(15)17)19-11-20(23-3)27-21(25-19)14-8-9-14/h4-7,11-14,18,24H,8-10H2,1-3H3,(H,26,28)(H,23,25,27)/t18-/m0/s1. The number of para-hydroxylation sites is 1. The number of benzene rings is 1. The summed E-state index contributed by atoms with van der Waals surface area (Å²) in [6.45, 7) is 3.82. The second-order valence-electron chi connectivity index (χ2n) is 7.84. The van der Waals surface area contributed by atoms with Crippen molar-refractivity contribution in [3.05, 3.63) is 53.6 Å². The van der Waals surface area contributed by atoms with Gasteiger partial charge >= 0.3 is 0 Å². The lowest BCUT2D eigenvalue weighted by Gasteiger charge is -2.21. The van der Waals surface area contributed by atoms with Gasteiger partial charge in [-0.1, -0.05) is 32.0 Å². The highest BCUT2D eigenvalue weighted by atomic mass is 16.1. The van der Waals surface area contributed by atoms with Gasteiger partial charge in [0.1, 0.15) is 11.6 Å². The van der Waals surface area contributed by atoms with Gasteiger partial charge in [0.25, 0.3) is 0 Å². The minimum absolute atomic E-state index is 0.0300. The predicted molar refractivity (Wildman–Crippen MR) is 111 cm³/mol. The molecule has 1 aromatic carbocycles. The zero-order valence-electron chi connectivity index (χ0n) is 16.6. The third kappa shape index (κ3) is 3.86. The number of anilines is 1. The van der Waals surface area contributed by atoms with Crippen molar-refractivity contribution in [1.82, 2.24) is 20.3 Å². The molecule has 28 heavy (non-hydrogen) atoms. The Kier molecular flexibility index (Phi) is 5.03. The number of carbonyl (C=O) groups is 1. The van der Waals surface area contributed by atoms with Gasteiger partial charge in [0.05, 0.1) is 11.7 Å². The molecule has 146 valence electrons. The summed E-state index contributed by atoms with van der Waals surface area (Å²) < 4.78 is 0. The highest BCUT2D eigenvalue weighted by Crippen LogP contribution is 2.39. The Labute approximate surface area is 165 Å². The van der Waals surface area contributed by atoms with Crippen molar-refractivity contribution in [2.45, 2.75) is 45.1 Å². The van der Waals surface area contributed by atoms with Crippen molar-refractivity contribution in [3.8, 4) is 0 Å². The third-order valence-electron chi connectivity index (χ3n) is 5.26. The van der Waals surface area contributed by atoms with Crippen LogP contribution in [0.25, 0.3) is 10.9 Å². The van der Waals surface area contributed by atoms with Gasteiger partial charge in [-0.2, -0.15) is 0 Å². The summed E-state index contributed by atoms with van der Waals surface area (Å²) in [5, 5.41) is 7.52. The Balaban J connectivity index is 1.71. The summed E-state index contributed by atoms with van der Waals surface area (Å²) in [7, 11) is 1.87. The smallest absolute Gasteiger partial charge is 0.223 e. The molecule has 0 saturated heterocycles. The Morgan fingerprint density at radius 1 is 1.25 bits per heavy atom. The first-order valence-electron chi connectivity index (χ1n) is 9.97. The Hall–Kier alpha value is -2.89. The van der Waals surface area contributed by atoms with E-state index in [4.69, 9.17) is 4.98 Å². The van der Waals surface area contributed by atoms with Crippen molar-refractivity contribution in [2.75, 3.05) is 12.4 Å². The van der Waals surface area contributed by atoms with E-state index in [2.05, 4.69) is 32.7 Å². The zero-order valence-corrected chi connectivity index (χ0v) is 16.6. The molecule has 6 heteroatoms. The van der Waals surface area contributed by atoms with Gasteiger partial charge in [-0.15, -0.1) is 0 Å². The highest BCUT2D eigenvalue weighted by Gasteiger charge is 2.29. The van der Waals surface area contributed by atoms with E-state index in [0.29, 0.717) is 12.3 Å². The molecule has 3 N–H and O–H groups in total. The molecule has 6 nitrogen and oxygen atoms in total. The molecule has 0 radical (unpaired) electrons. The molecule has 1 amide bonds. The van der Waals surface area contributed by atoms with Gasteiger partial charge < -0.3 is 15.6 Å². The largest absolute Gasteiger partial charge is 0.373 e. The fourth-order valence-electron chi connectivity index (χ4n) is 3.40. The minimum Gasteiger partial charge on any atom is -0.373 e. The predicted octanol–water partition coefficient (Wildman–Crippen LogP) is 3.93. The number of amides is 1. The maximum Gasteiger partial charge on any atom is 0.223 e. The van der Waals surface area contributed by atoms with Crippen LogP contribution < -0.4 is 10.6 Å². The summed E-state index contributed by atoms with van der Waals surface area (Å²) >= 11 is 0. The fourth-order valence-corrected chi connectivity index (χ4v) is 3.40. The molecule has 4 rings (SSSR count). The van der Waals surface area contributed by atoms with Crippen molar-refractivity contribution in [3.63, 3.8) is 0 Å². The lowest BCUT2D eigenvalue weighted by molar-refractivity contribution is -0.124. The second kappa shape index (κ2) is 7.62. The summed E-state index contributed by atoms with van der Waals surface area (Å²) in [5.74, 6) is 2.07. The van der Waals surface area contributed by atoms with Crippen molar-refractivity contribution >= 4 is 22.6 Å². The molecule has 0 unspecified atom stereocenters. The molecule has 1 saturated carbocycles. The van der Waals surface area contributed by atoms with E-state index < -0.39 is 0 Å². The topological polar surface area (TPSA) is 82.7 Å². The SMILES string of the molecule is CNc1cc([C@H](Cc2c[nH]c3ccccc23)NC(=O)C(C)C)nc(C2CC2)n1. The lowest BCUT2D eigenvalue weighted by Crippen LogP contribution is -2.33. The van der Waals surface area contributed by atoms with Gasteiger partial charge in [0.2, 0.25) is 5.91 Å². The molecule has 1 atom stereocenters. The monoisotopic (exact) mass is 377 g/mol. The van der Waals surface area contributed by atoms with Crippen LogP contribution in [0.3, 0.4) is 0 Å². The quantitative estimate of drug-likeness (QED) is 0.582. The van der Waals surface area contributed by atoms with Crippen molar-refractivity contribution in [1.29, 1.82) is 0 Å². The molecular weight excluding hydrogens is 350 g/mol. The van der Waals surface area contributed by atoms with Crippen LogP contribution in [0.15, 0.2) is 36.5 Å². The Morgan fingerprint density at radius 3 is 2.75 bits per heavy atom. The van der Waals surface area contributed by atoms with Crippen LogP contribution in [-0.2, 0) is 11.2 Å². The first-order valence-corrected chi connectivity index (χ1v) is 9.97. The van der Waals surface area contributed by atoms with Crippen LogP contribution in [0.5, 0.6) is 0 Å². The summed E-state index contributed by atoms with van der Waals surface area (Å²) in [6.07, 6.45) is 4.98. The zero-order chi connectivity index (χ0) is 19.7. The van der Waals surface area contributed by atoms with E-state index in [9.17, 15) is 4.79 Å². The van der Waals surface area contributed by atoms with Gasteiger partial charge in [0, 0.05) is 48.5 Å². The molecule has 2 heterocycles. The molecule has 0 bridgehead atoms. The van der Waals surface area contributed by atoms with Crippen LogP contribution in [-0.4, -0.2) is 27.9 Å². The molecule has 1 aliphatic rings. The summed E-state index contributed by atoms with van der Waals surface area (Å²) in [5.41, 5.74) is 3.13. The number of hydrogen-bond acceptors (Lipinski definition) is 4. The minimum atomic E-state index is -0.207. The number of H-pyrrole nitrogens is 1. The van der Waals surface area contributed by atoms with Gasteiger partial charge in [-0.25, -0.2) is 9.97 Å². The summed E-state index contributed by atoms with van der Waals surface area (Å²) in [6, 6.07) is 9.97. The molecule has 1 aliphatic carbocycles. The molecule has 2 aromatic heterocycles. The maximum atomic E-state index is 12.5. The van der Waals surface area contributed by atoms with Crippen LogP contribution in [0.1, 0.15) is 55.7 Å². The van der Waals surface area contributed by atoms with Crippen molar-refractivity contribution < 1.29 is 4.79 Å². The van der Waals surface area contributed by atoms with E-state index >= 15 is 0 Å². The maximum absolute atomic E-state index is 12.5. The number of fused-ring (bicyclic) bond motifs is 1. The Bertz CT molecular complexity index is 990. The number of nitrogens with zero attached hydrogens (tertiary/aromatic N) is 2. The van der Waals surface area contributed by atoms with Crippen LogP contribution in [0, 0.1) is 5.92 Å². The normalized spacial score (nSPS) is 15.0. The third-order valence-corrected chi connectivity index (χ3v) is 5.26. The van der Waals surface area contributed by atoms with Gasteiger partial charge in [-0.05, 0) is 24.5 Å². The van der Waals surface area contributed by atoms with E-state index in [0.717, 1.165) is 35.7 Å². The fraction of sp³-hybridized carbons (Fsp3) is 0.409. The van der Waals surface area contributed by atoms with E-state index in [1.54, 1.807) is 0 Å². The first kappa shape index (κ1) is 18.5. The number of rotatable bonds is 7. The number of aromatic nitrogens is 3. The average molecular weight is 377 g/mol. The molecular formula is C22H27N5O. The number of aromatic amines is 1. The molecule has 0 aliphatic heterocycles. The van der Waals surface area contributed by atoms with Crippen LogP contribution >= 0.6 is 0 Å². The number of nitrogens with one attached hydrogen (secondary N) is 3. The lowest BCUT2D eigenvalue weighted by atomic mass is 10.0. The average Bonchev–Trinajstić information content (AvgIpc) is 3.48. The van der Waals surface area contributed by atoms with E-state index in [1.807, 2.05) is 45.3 Å². The highest BCUT2D eigenvalue weighted by molar-refractivity contribution is 5.83. The molecule has 1 fully saturated rings. The number of hydrogen-bond donors (Lipinski definition) is 3. The van der Waals surface area contributed by atoms with E-state index in [-0.39, 0.29) is 17.9 Å². The molecule has 0 spiro atoms. The van der Waals surface area contributed by atoms with Crippen molar-refractivity contribution in [2.24, 2.45) is 5.92 Å². The number of carbonyl (C=O) groups excluding carboxylic acids is 1. The van der Waals surface area contributed by atoms with Gasteiger partial charge in [-0.3, -0.25) is 4.79 Å².